The number of anilines is 4. The Hall–Kier alpha value is -5.59. The van der Waals surface area contributed by atoms with Gasteiger partial charge in [0.05, 0.1) is 95.0 Å². The van der Waals surface area contributed by atoms with E-state index < -0.39 is 111 Å². The summed E-state index contributed by atoms with van der Waals surface area (Å²) < 4.78 is 177. The molecule has 2 saturated heterocycles. The zero-order chi connectivity index (χ0) is 53.7. The quantitative estimate of drug-likeness (QED) is 0.0593. The molecule has 76 heavy (non-hydrogen) atoms. The third-order valence-electron chi connectivity index (χ3n) is 11.4. The fourth-order valence-corrected chi connectivity index (χ4v) is 13.1. The Morgan fingerprint density at radius 2 is 0.987 bits per heavy atom. The molecule has 6 aromatic rings. The monoisotopic (exact) mass is 1130 g/mol. The van der Waals surface area contributed by atoms with Gasteiger partial charge in [-0.1, -0.05) is 20.8 Å². The minimum absolute atomic E-state index is 0. The maximum atomic E-state index is 15.8. The first-order valence-corrected chi connectivity index (χ1v) is 27.9. The summed E-state index contributed by atoms with van der Waals surface area (Å²) in [6, 6.07) is 8.36. The number of hydrogen-bond donors (Lipinski definition) is 1. The molecule has 8 rings (SSSR count). The molecule has 0 bridgehead atoms. The Labute approximate surface area is 455 Å². The van der Waals surface area contributed by atoms with Crippen LogP contribution >= 0.6 is 0 Å². The minimum Gasteiger partial charge on any atom is -0.870 e. The Balaban J connectivity index is 0.000000277. The number of sulfonamides is 3. The van der Waals surface area contributed by atoms with E-state index in [0.29, 0.717) is 86.9 Å². The molecule has 0 unspecified atom stereocenters. The standard InChI is InChI=1S/C25H27F3N4O6S2.C22H21F3N4O4S.Na.H2O/c1-3-11-39(34,35)32(40(36,37)12-4-2)20-14-17(26)23(27)22(24(20)28)25(33)16-5-6-18-19(13-16)30-21(15-29-18)31-7-9-38-10-8-31;1-2-9-34(31,32)28-17-11-14(23)20(24)19(21(17)25)22(30)13-3-4-15-16(10-13)27-18(12-26-15)29-5-7-33-8-6-29;;/h5-6,13-15H,3-4,7-12H2,1-2H3;3-4,10-12,28H,2,5-9H2,1H3;;1H2/q;;+1;/p-1. The van der Waals surface area contributed by atoms with Crippen LogP contribution in [0.1, 0.15) is 71.9 Å². The molecule has 0 amide bonds. The number of nitrogens with one attached hydrogen (secondary N) is 1. The van der Waals surface area contributed by atoms with Gasteiger partial charge in [-0.25, -0.2) is 61.6 Å². The van der Waals surface area contributed by atoms with Gasteiger partial charge in [0, 0.05) is 49.4 Å². The normalized spacial score (nSPS) is 14.1. The number of ketones is 2. The molecule has 0 saturated carbocycles. The van der Waals surface area contributed by atoms with Gasteiger partial charge in [0.25, 0.3) is 0 Å². The molecule has 0 aliphatic carbocycles. The van der Waals surface area contributed by atoms with Gasteiger partial charge < -0.3 is 24.7 Å². The van der Waals surface area contributed by atoms with Crippen molar-refractivity contribution in [2.45, 2.75) is 40.0 Å². The molecule has 4 aromatic carbocycles. The van der Waals surface area contributed by atoms with Crippen LogP contribution in [0, 0.1) is 34.9 Å². The Bertz CT molecular complexity index is 3450. The maximum absolute atomic E-state index is 15.8. The van der Waals surface area contributed by atoms with Crippen molar-refractivity contribution in [1.29, 1.82) is 0 Å². The van der Waals surface area contributed by atoms with Crippen LogP contribution in [-0.4, -0.2) is 132 Å². The van der Waals surface area contributed by atoms with Gasteiger partial charge in [0.1, 0.15) is 17.3 Å². The van der Waals surface area contributed by atoms with Crippen molar-refractivity contribution in [2.24, 2.45) is 0 Å². The predicted molar refractivity (Wildman–Crippen MR) is 265 cm³/mol. The molecule has 0 spiro atoms. The summed E-state index contributed by atoms with van der Waals surface area (Å²) >= 11 is 0. The Kier molecular flexibility index (Phi) is 20.7. The number of fused-ring (bicyclic) bond motifs is 2. The van der Waals surface area contributed by atoms with E-state index in [4.69, 9.17) is 9.47 Å². The van der Waals surface area contributed by atoms with E-state index in [-0.39, 0.29) is 86.5 Å². The second kappa shape index (κ2) is 25.7. The second-order valence-corrected chi connectivity index (χ2v) is 22.7. The van der Waals surface area contributed by atoms with Crippen LogP contribution in [-0.2, 0) is 39.5 Å². The number of benzene rings is 4. The SMILES string of the molecule is CCCS(=O)(=O)N(c1cc(F)c(F)c(C(=O)c2ccc3ncc(N4CCOCC4)nc3c2)c1F)S(=O)(=O)CCC.CCCS(=O)(=O)Nc1cc(F)c(F)c(C(=O)c2ccc3ncc(N4CCOCC4)nc3c2)c1F.[Na+].[OH-]. The molecule has 29 heteroatoms. The summed E-state index contributed by atoms with van der Waals surface area (Å²) in [4.78, 5) is 47.8. The zero-order valence-corrected chi connectivity index (χ0v) is 45.8. The van der Waals surface area contributed by atoms with E-state index in [0.717, 1.165) is 0 Å². The summed E-state index contributed by atoms with van der Waals surface area (Å²) in [5.41, 5.74) is -3.90. The number of morpholine rings is 2. The molecule has 404 valence electrons. The summed E-state index contributed by atoms with van der Waals surface area (Å²) in [6.07, 6.45) is 3.26. The molecular weight excluding hydrogens is 1090 g/mol. The van der Waals surface area contributed by atoms with Crippen molar-refractivity contribution in [1.82, 2.24) is 19.9 Å². The van der Waals surface area contributed by atoms with Gasteiger partial charge in [-0.05, 0) is 55.7 Å². The summed E-state index contributed by atoms with van der Waals surface area (Å²) in [5, 5.41) is 0. The van der Waals surface area contributed by atoms with E-state index in [1.807, 2.05) is 14.5 Å². The largest absolute Gasteiger partial charge is 1.00 e. The predicted octanol–water partition coefficient (Wildman–Crippen LogP) is 3.49. The second-order valence-electron chi connectivity index (χ2n) is 16.8. The van der Waals surface area contributed by atoms with E-state index in [9.17, 15) is 52.4 Å². The average Bonchev–Trinajstić information content (AvgIpc) is 3.37. The Morgan fingerprint density at radius 3 is 1.41 bits per heavy atom. The number of carbonyl (C=O) groups excluding carboxylic acids is 2. The number of nitrogens with zero attached hydrogens (tertiary/aromatic N) is 7. The number of ether oxygens (including phenoxy) is 2. The molecule has 2 aliphatic heterocycles. The molecule has 0 radical (unpaired) electrons. The first kappa shape index (κ1) is 61.3. The van der Waals surface area contributed by atoms with Crippen LogP contribution in [0.25, 0.3) is 22.1 Å². The van der Waals surface area contributed by atoms with Crippen LogP contribution in [0.3, 0.4) is 0 Å². The van der Waals surface area contributed by atoms with Crippen molar-refractivity contribution in [3.63, 3.8) is 0 Å². The molecule has 2 N–H and O–H groups in total. The van der Waals surface area contributed by atoms with Crippen molar-refractivity contribution in [3.05, 3.63) is 118 Å². The minimum atomic E-state index is -4.74. The summed E-state index contributed by atoms with van der Waals surface area (Å²) in [6.45, 7) is 8.83. The molecular formula is C47H49F6N8NaO11S3. The fourth-order valence-electron chi connectivity index (χ4n) is 7.91. The van der Waals surface area contributed by atoms with Gasteiger partial charge in [-0.15, -0.1) is 0 Å². The van der Waals surface area contributed by atoms with Crippen molar-refractivity contribution in [2.75, 3.05) is 88.1 Å². The number of halogens is 6. The van der Waals surface area contributed by atoms with Crippen LogP contribution < -0.4 is 47.8 Å². The summed E-state index contributed by atoms with van der Waals surface area (Å²) in [5.74, 6) is -13.5. The van der Waals surface area contributed by atoms with Gasteiger partial charge >= 0.3 is 29.6 Å². The number of carbonyl (C=O) groups is 2. The van der Waals surface area contributed by atoms with Crippen molar-refractivity contribution in [3.8, 4) is 0 Å². The van der Waals surface area contributed by atoms with Crippen LogP contribution in [0.4, 0.5) is 49.4 Å². The molecule has 2 fully saturated rings. The first-order valence-electron chi connectivity index (χ1n) is 23.0. The van der Waals surface area contributed by atoms with Gasteiger partial charge in [0.15, 0.2) is 46.5 Å². The molecule has 19 nitrogen and oxygen atoms in total. The Morgan fingerprint density at radius 1 is 0.579 bits per heavy atom. The smallest absolute Gasteiger partial charge is 0.870 e. The number of aromatic nitrogens is 4. The van der Waals surface area contributed by atoms with Gasteiger partial charge in [-0.3, -0.25) is 24.3 Å². The first-order chi connectivity index (χ1) is 35.1. The summed E-state index contributed by atoms with van der Waals surface area (Å²) in [7, 11) is -13.5. The van der Waals surface area contributed by atoms with Gasteiger partial charge in [-0.2, -0.15) is 3.71 Å². The molecule has 2 aliphatic rings. The molecule has 0 atom stereocenters. The van der Waals surface area contributed by atoms with Crippen molar-refractivity contribution >= 4 is 86.7 Å². The van der Waals surface area contributed by atoms with E-state index in [1.165, 1.54) is 56.4 Å². The fraction of sp³-hybridized carbons (Fsp3) is 0.362. The maximum Gasteiger partial charge on any atom is 1.00 e. The topological polar surface area (TPSA) is 258 Å². The van der Waals surface area contributed by atoms with Crippen molar-refractivity contribution < 1.29 is 106 Å². The third-order valence-corrected chi connectivity index (χ3v) is 17.5. The van der Waals surface area contributed by atoms with E-state index >= 15 is 8.78 Å². The zero-order valence-electron chi connectivity index (χ0n) is 41.3. The average molecular weight is 1140 g/mol. The number of rotatable bonds is 17. The van der Waals surface area contributed by atoms with Crippen LogP contribution in [0.2, 0.25) is 0 Å². The van der Waals surface area contributed by atoms with E-state index in [1.54, 1.807) is 13.1 Å². The molecule has 4 heterocycles. The number of hydrogen-bond acceptors (Lipinski definition) is 17. The molecule has 2 aromatic heterocycles. The van der Waals surface area contributed by atoms with Gasteiger partial charge in [0.2, 0.25) is 30.1 Å². The van der Waals surface area contributed by atoms with Crippen LogP contribution in [0.15, 0.2) is 60.9 Å². The third kappa shape index (κ3) is 13.6. The van der Waals surface area contributed by atoms with E-state index in [2.05, 4.69) is 19.9 Å². The van der Waals surface area contributed by atoms with Crippen LogP contribution in [0.5, 0.6) is 0 Å².